The maximum atomic E-state index is 12.7. The summed E-state index contributed by atoms with van der Waals surface area (Å²) in [6.07, 6.45) is 1.31. The van der Waals surface area contributed by atoms with E-state index >= 15 is 0 Å². The van der Waals surface area contributed by atoms with Crippen molar-refractivity contribution in [1.29, 1.82) is 0 Å². The van der Waals surface area contributed by atoms with E-state index in [0.717, 1.165) is 5.56 Å². The van der Waals surface area contributed by atoms with Crippen molar-refractivity contribution in [2.24, 2.45) is 4.99 Å². The molecule has 0 N–H and O–H groups in total. The molecule has 6 heteroatoms. The molecule has 0 saturated heterocycles. The number of nitrogens with zero attached hydrogens (tertiary/aromatic N) is 1. The van der Waals surface area contributed by atoms with Crippen LogP contribution in [0.3, 0.4) is 0 Å². The summed E-state index contributed by atoms with van der Waals surface area (Å²) in [5.74, 6) is -1.10. The van der Waals surface area contributed by atoms with Gasteiger partial charge in [-0.05, 0) is 66.2 Å². The minimum Gasteiger partial charge on any atom is -0.460 e. The number of ether oxygens (including phenoxy) is 2. The molecule has 0 bridgehead atoms. The predicted molar refractivity (Wildman–Crippen MR) is 104 cm³/mol. The molecule has 0 aliphatic carbocycles. The summed E-state index contributed by atoms with van der Waals surface area (Å²) >= 11 is 5.88. The van der Waals surface area contributed by atoms with Gasteiger partial charge in [0.15, 0.2) is 5.54 Å². The molecule has 0 aliphatic rings. The maximum absolute atomic E-state index is 12.7. The van der Waals surface area contributed by atoms with Crippen molar-refractivity contribution in [1.82, 2.24) is 0 Å². The SMILES string of the molecule is CC(C)(C)OC(=O)C[C@](C)(N=Cc1ccc(Cl)cc1)C(=O)OC(C)(C)C. The maximum Gasteiger partial charge on any atom is 0.334 e. The van der Waals surface area contributed by atoms with Crippen LogP contribution in [0.4, 0.5) is 0 Å². The molecule has 5 nitrogen and oxygen atoms in total. The molecule has 26 heavy (non-hydrogen) atoms. The van der Waals surface area contributed by atoms with Crippen molar-refractivity contribution in [2.45, 2.75) is 71.6 Å². The third kappa shape index (κ3) is 8.00. The number of carbonyl (C=O) groups excluding carboxylic acids is 2. The normalized spacial score (nSPS) is 14.8. The zero-order valence-corrected chi connectivity index (χ0v) is 17.3. The van der Waals surface area contributed by atoms with E-state index in [1.165, 1.54) is 6.21 Å². The predicted octanol–water partition coefficient (Wildman–Crippen LogP) is 4.59. The van der Waals surface area contributed by atoms with Crippen LogP contribution in [0.15, 0.2) is 29.3 Å². The molecule has 0 aliphatic heterocycles. The molecule has 1 atom stereocenters. The summed E-state index contributed by atoms with van der Waals surface area (Å²) in [5, 5.41) is 0.603. The fourth-order valence-corrected chi connectivity index (χ4v) is 2.11. The summed E-state index contributed by atoms with van der Waals surface area (Å²) in [7, 11) is 0. The van der Waals surface area contributed by atoms with Crippen LogP contribution in [-0.4, -0.2) is 34.9 Å². The van der Waals surface area contributed by atoms with Crippen molar-refractivity contribution in [3.05, 3.63) is 34.9 Å². The quantitative estimate of drug-likeness (QED) is 0.552. The lowest BCUT2D eigenvalue weighted by Crippen LogP contribution is -2.42. The number of carbonyl (C=O) groups is 2. The van der Waals surface area contributed by atoms with E-state index < -0.39 is 28.7 Å². The van der Waals surface area contributed by atoms with E-state index in [1.54, 1.807) is 72.7 Å². The van der Waals surface area contributed by atoms with Crippen molar-refractivity contribution < 1.29 is 19.1 Å². The number of hydrogen-bond acceptors (Lipinski definition) is 5. The largest absolute Gasteiger partial charge is 0.460 e. The molecule has 0 fully saturated rings. The highest BCUT2D eigenvalue weighted by atomic mass is 35.5. The van der Waals surface area contributed by atoms with Crippen molar-refractivity contribution in [3.8, 4) is 0 Å². The lowest BCUT2D eigenvalue weighted by atomic mass is 9.98. The zero-order valence-electron chi connectivity index (χ0n) is 16.6. The first kappa shape index (κ1) is 22.2. The second-order valence-electron chi connectivity index (χ2n) is 8.35. The number of benzene rings is 1. The first-order chi connectivity index (χ1) is 11.7. The molecule has 0 aromatic heterocycles. The van der Waals surface area contributed by atoms with E-state index in [-0.39, 0.29) is 6.42 Å². The molecule has 0 unspecified atom stereocenters. The monoisotopic (exact) mass is 381 g/mol. The summed E-state index contributed by atoms with van der Waals surface area (Å²) < 4.78 is 10.8. The second kappa shape index (κ2) is 8.21. The van der Waals surface area contributed by atoms with Gasteiger partial charge in [0.05, 0.1) is 6.42 Å². The lowest BCUT2D eigenvalue weighted by molar-refractivity contribution is -0.168. The van der Waals surface area contributed by atoms with Crippen LogP contribution in [0, 0.1) is 0 Å². The van der Waals surface area contributed by atoms with Gasteiger partial charge in [0.2, 0.25) is 0 Å². The van der Waals surface area contributed by atoms with E-state index in [1.807, 2.05) is 0 Å². The van der Waals surface area contributed by atoms with Crippen LogP contribution in [0.2, 0.25) is 5.02 Å². The van der Waals surface area contributed by atoms with Gasteiger partial charge < -0.3 is 9.47 Å². The minimum absolute atomic E-state index is 0.219. The Labute approximate surface area is 160 Å². The topological polar surface area (TPSA) is 65.0 Å². The van der Waals surface area contributed by atoms with E-state index in [9.17, 15) is 9.59 Å². The molecular weight excluding hydrogens is 354 g/mol. The fourth-order valence-electron chi connectivity index (χ4n) is 1.98. The van der Waals surface area contributed by atoms with Gasteiger partial charge >= 0.3 is 11.9 Å². The molecule has 1 rings (SSSR count). The Morgan fingerprint density at radius 3 is 1.92 bits per heavy atom. The van der Waals surface area contributed by atoms with Crippen LogP contribution in [0.25, 0.3) is 0 Å². The minimum atomic E-state index is -1.39. The summed E-state index contributed by atoms with van der Waals surface area (Å²) in [6, 6.07) is 6.99. The smallest absolute Gasteiger partial charge is 0.334 e. The number of hydrogen-bond donors (Lipinski definition) is 0. The van der Waals surface area contributed by atoms with Gasteiger partial charge in [-0.15, -0.1) is 0 Å². The highest BCUT2D eigenvalue weighted by Crippen LogP contribution is 2.24. The Balaban J connectivity index is 3.09. The van der Waals surface area contributed by atoms with E-state index in [4.69, 9.17) is 21.1 Å². The molecule has 0 spiro atoms. The average molecular weight is 382 g/mol. The lowest BCUT2D eigenvalue weighted by Gasteiger charge is -2.29. The second-order valence-corrected chi connectivity index (χ2v) is 8.79. The standard InChI is InChI=1S/C20H28ClNO4/c1-18(2,3)25-16(23)12-20(7,17(24)26-19(4,5)6)22-13-14-8-10-15(21)11-9-14/h8-11,13H,12H2,1-7H3/t20-/m0/s1. The molecule has 144 valence electrons. The Bertz CT molecular complexity index is 669. The molecule has 0 amide bonds. The van der Waals surface area contributed by atoms with Crippen LogP contribution in [0.1, 0.15) is 60.5 Å². The van der Waals surface area contributed by atoms with Gasteiger partial charge in [-0.2, -0.15) is 0 Å². The number of aliphatic imine (C=N–C) groups is 1. The fraction of sp³-hybridized carbons (Fsp3) is 0.550. The Morgan fingerprint density at radius 2 is 1.46 bits per heavy atom. The van der Waals surface area contributed by atoms with E-state index in [0.29, 0.717) is 5.02 Å². The number of esters is 2. The number of halogens is 1. The van der Waals surface area contributed by atoms with E-state index in [2.05, 4.69) is 4.99 Å². The molecule has 1 aromatic carbocycles. The van der Waals surface area contributed by atoms with Crippen LogP contribution in [-0.2, 0) is 19.1 Å². The molecule has 0 radical (unpaired) electrons. The highest BCUT2D eigenvalue weighted by Gasteiger charge is 2.40. The molecule has 0 saturated carbocycles. The Kier molecular flexibility index (Phi) is 7.00. The zero-order chi connectivity index (χ0) is 20.2. The Morgan fingerprint density at radius 1 is 0.962 bits per heavy atom. The average Bonchev–Trinajstić information content (AvgIpc) is 2.42. The van der Waals surface area contributed by atoms with Crippen molar-refractivity contribution in [2.75, 3.05) is 0 Å². The third-order valence-electron chi connectivity index (χ3n) is 3.12. The first-order valence-corrected chi connectivity index (χ1v) is 8.84. The van der Waals surface area contributed by atoms with Crippen LogP contribution in [0.5, 0.6) is 0 Å². The third-order valence-corrected chi connectivity index (χ3v) is 3.37. The first-order valence-electron chi connectivity index (χ1n) is 8.46. The van der Waals surface area contributed by atoms with Gasteiger partial charge in [0.1, 0.15) is 11.2 Å². The number of rotatable bonds is 5. The van der Waals surface area contributed by atoms with Crippen LogP contribution >= 0.6 is 11.6 Å². The molecule has 1 aromatic rings. The summed E-state index contributed by atoms with van der Waals surface area (Å²) in [4.78, 5) is 29.3. The van der Waals surface area contributed by atoms with Gasteiger partial charge in [-0.1, -0.05) is 23.7 Å². The van der Waals surface area contributed by atoms with Gasteiger partial charge in [-0.3, -0.25) is 9.79 Å². The van der Waals surface area contributed by atoms with Gasteiger partial charge in [-0.25, -0.2) is 4.79 Å². The van der Waals surface area contributed by atoms with Crippen LogP contribution < -0.4 is 0 Å². The summed E-state index contributed by atoms with van der Waals surface area (Å²) in [6.45, 7) is 12.2. The van der Waals surface area contributed by atoms with Gasteiger partial charge in [0.25, 0.3) is 0 Å². The summed E-state index contributed by atoms with van der Waals surface area (Å²) in [5.41, 5.74) is -1.98. The van der Waals surface area contributed by atoms with Crippen molar-refractivity contribution >= 4 is 29.8 Å². The molecule has 0 heterocycles. The molecular formula is C20H28ClNO4. The van der Waals surface area contributed by atoms with Crippen molar-refractivity contribution in [3.63, 3.8) is 0 Å². The highest BCUT2D eigenvalue weighted by molar-refractivity contribution is 6.30. The Hall–Kier alpha value is -1.88. The van der Waals surface area contributed by atoms with Gasteiger partial charge in [0, 0.05) is 11.2 Å².